The summed E-state index contributed by atoms with van der Waals surface area (Å²) < 4.78 is 39.1. The van der Waals surface area contributed by atoms with Crippen molar-refractivity contribution < 1.29 is 18.0 Å². The zero-order chi connectivity index (χ0) is 24.3. The average molecular weight is 470 g/mol. The molecule has 178 valence electrons. The minimum absolute atomic E-state index is 0.118. The summed E-state index contributed by atoms with van der Waals surface area (Å²) in [5.74, 6) is 0.564. The molecule has 0 spiro atoms. The first kappa shape index (κ1) is 23.6. The van der Waals surface area contributed by atoms with Crippen LogP contribution in [-0.4, -0.2) is 49.9 Å². The number of alkyl halides is 3. The van der Waals surface area contributed by atoms with Gasteiger partial charge in [0.25, 0.3) is 5.91 Å². The fourth-order valence-electron chi connectivity index (χ4n) is 4.07. The Kier molecular flexibility index (Phi) is 6.76. The molecule has 1 amide bonds. The summed E-state index contributed by atoms with van der Waals surface area (Å²) in [5.41, 5.74) is 0.728. The summed E-state index contributed by atoms with van der Waals surface area (Å²) in [4.78, 5) is 32.5. The second-order valence-electron chi connectivity index (χ2n) is 8.52. The van der Waals surface area contributed by atoms with Crippen LogP contribution in [0.4, 0.5) is 19.0 Å². The van der Waals surface area contributed by atoms with E-state index in [1.165, 1.54) is 0 Å². The fraction of sp³-hybridized carbons (Fsp3) is 0.375. The fourth-order valence-corrected chi connectivity index (χ4v) is 4.07. The van der Waals surface area contributed by atoms with E-state index >= 15 is 0 Å². The average Bonchev–Trinajstić information content (AvgIpc) is 2.83. The molecular weight excluding hydrogens is 445 g/mol. The van der Waals surface area contributed by atoms with Gasteiger partial charge in [-0.1, -0.05) is 6.92 Å². The number of piperidine rings is 1. The Morgan fingerprint density at radius 1 is 1.12 bits per heavy atom. The Morgan fingerprint density at radius 3 is 2.62 bits per heavy atom. The van der Waals surface area contributed by atoms with Gasteiger partial charge in [-0.05, 0) is 56.0 Å². The van der Waals surface area contributed by atoms with Crippen molar-refractivity contribution >= 4 is 11.7 Å². The predicted octanol–water partition coefficient (Wildman–Crippen LogP) is 4.61. The molecule has 34 heavy (non-hydrogen) atoms. The minimum Gasteiger partial charge on any atom is -0.368 e. The molecule has 0 unspecified atom stereocenters. The van der Waals surface area contributed by atoms with E-state index < -0.39 is 11.7 Å². The highest BCUT2D eigenvalue weighted by atomic mass is 19.4. The molecule has 10 heteroatoms. The third-order valence-electron chi connectivity index (χ3n) is 5.85. The molecular formula is C24H25F3N6O. The molecule has 7 nitrogen and oxygen atoms in total. The molecule has 1 aliphatic heterocycles. The van der Waals surface area contributed by atoms with Crippen LogP contribution in [0.2, 0.25) is 0 Å². The van der Waals surface area contributed by atoms with E-state index in [2.05, 4.69) is 32.2 Å². The van der Waals surface area contributed by atoms with Crippen LogP contribution in [0.1, 0.15) is 41.5 Å². The van der Waals surface area contributed by atoms with E-state index in [0.717, 1.165) is 24.8 Å². The number of hydrogen-bond donors (Lipinski definition) is 1. The predicted molar refractivity (Wildman–Crippen MR) is 121 cm³/mol. The van der Waals surface area contributed by atoms with Crippen molar-refractivity contribution in [2.45, 2.75) is 38.9 Å². The molecule has 1 N–H and O–H groups in total. The number of halogens is 3. The quantitative estimate of drug-likeness (QED) is 0.586. The molecule has 1 aliphatic rings. The van der Waals surface area contributed by atoms with Gasteiger partial charge >= 0.3 is 6.18 Å². The Bertz CT molecular complexity index is 1150. The molecule has 1 fully saturated rings. The standard InChI is InChI=1S/C24H25F3N6O/c1-15-4-6-18(13-31-20-12-17(8-11-28-20)24(25,26)27)33(14-15)23(34)21-19(7-5-16(2)32-21)22-29-9-3-10-30-22/h3,5,7-12,15,18H,4,6,13-14H2,1-2H3,(H,28,31)/t15-,18-/m0/s1. The lowest BCUT2D eigenvalue weighted by Gasteiger charge is -2.39. The highest BCUT2D eigenvalue weighted by Gasteiger charge is 2.33. The number of pyridine rings is 2. The molecule has 2 atom stereocenters. The monoisotopic (exact) mass is 470 g/mol. The molecule has 0 bridgehead atoms. The molecule has 1 saturated heterocycles. The Balaban J connectivity index is 1.59. The number of aryl methyl sites for hydroxylation is 1. The van der Waals surface area contributed by atoms with E-state index in [-0.39, 0.29) is 35.9 Å². The smallest absolute Gasteiger partial charge is 0.368 e. The topological polar surface area (TPSA) is 83.9 Å². The number of rotatable bonds is 5. The minimum atomic E-state index is -4.45. The summed E-state index contributed by atoms with van der Waals surface area (Å²) in [7, 11) is 0. The Hall–Kier alpha value is -3.56. The zero-order valence-corrected chi connectivity index (χ0v) is 18.9. The normalized spacial score (nSPS) is 18.6. The maximum Gasteiger partial charge on any atom is 0.416 e. The molecule has 4 heterocycles. The number of likely N-dealkylation sites (tertiary alicyclic amines) is 1. The zero-order valence-electron chi connectivity index (χ0n) is 18.9. The van der Waals surface area contributed by atoms with Crippen molar-refractivity contribution in [1.29, 1.82) is 0 Å². The summed E-state index contributed by atoms with van der Waals surface area (Å²) in [6.45, 7) is 4.68. The van der Waals surface area contributed by atoms with Crippen molar-refractivity contribution in [2.75, 3.05) is 18.4 Å². The number of nitrogens with zero attached hydrogens (tertiary/aromatic N) is 5. The largest absolute Gasteiger partial charge is 0.416 e. The van der Waals surface area contributed by atoms with Crippen LogP contribution in [0, 0.1) is 12.8 Å². The molecule has 0 saturated carbocycles. The van der Waals surface area contributed by atoms with Crippen molar-refractivity contribution in [1.82, 2.24) is 24.8 Å². The maximum absolute atomic E-state index is 13.7. The molecule has 0 aromatic carbocycles. The second kappa shape index (κ2) is 9.74. The summed E-state index contributed by atoms with van der Waals surface area (Å²) in [6, 6.07) is 6.97. The number of amides is 1. The van der Waals surface area contributed by atoms with E-state index in [4.69, 9.17) is 0 Å². The van der Waals surface area contributed by atoms with Gasteiger partial charge < -0.3 is 10.2 Å². The first-order chi connectivity index (χ1) is 16.2. The third-order valence-corrected chi connectivity index (χ3v) is 5.85. The number of nitrogens with one attached hydrogen (secondary N) is 1. The van der Waals surface area contributed by atoms with Crippen LogP contribution >= 0.6 is 0 Å². The van der Waals surface area contributed by atoms with E-state index in [9.17, 15) is 18.0 Å². The summed E-state index contributed by atoms with van der Waals surface area (Å²) >= 11 is 0. The van der Waals surface area contributed by atoms with Gasteiger partial charge in [-0.15, -0.1) is 0 Å². The highest BCUT2D eigenvalue weighted by molar-refractivity contribution is 5.98. The highest BCUT2D eigenvalue weighted by Crippen LogP contribution is 2.30. The van der Waals surface area contributed by atoms with Crippen LogP contribution in [0.5, 0.6) is 0 Å². The number of carbonyl (C=O) groups excluding carboxylic acids is 1. The van der Waals surface area contributed by atoms with E-state index in [1.807, 2.05) is 6.92 Å². The Labute approximate surface area is 195 Å². The van der Waals surface area contributed by atoms with Gasteiger partial charge in [-0.2, -0.15) is 13.2 Å². The number of aromatic nitrogens is 4. The van der Waals surface area contributed by atoms with Crippen molar-refractivity contribution in [3.63, 3.8) is 0 Å². The lowest BCUT2D eigenvalue weighted by Crippen LogP contribution is -2.49. The molecule has 0 aliphatic carbocycles. The number of hydrogen-bond acceptors (Lipinski definition) is 6. The first-order valence-electron chi connectivity index (χ1n) is 11.1. The van der Waals surface area contributed by atoms with Crippen LogP contribution in [0.3, 0.4) is 0 Å². The van der Waals surface area contributed by atoms with Crippen LogP contribution < -0.4 is 5.32 Å². The van der Waals surface area contributed by atoms with Crippen molar-refractivity contribution in [3.05, 3.63) is 65.9 Å². The van der Waals surface area contributed by atoms with E-state index in [1.54, 1.807) is 35.5 Å². The molecule has 3 aromatic heterocycles. The SMILES string of the molecule is Cc1ccc(-c2ncccn2)c(C(=O)N2C[C@@H](C)CC[C@H]2CNc2cc(C(F)(F)F)ccn2)n1. The summed E-state index contributed by atoms with van der Waals surface area (Å²) in [5, 5.41) is 2.99. The van der Waals surface area contributed by atoms with Crippen molar-refractivity contribution in [2.24, 2.45) is 5.92 Å². The van der Waals surface area contributed by atoms with Gasteiger partial charge in [0.2, 0.25) is 0 Å². The van der Waals surface area contributed by atoms with Crippen LogP contribution in [0.25, 0.3) is 11.4 Å². The third kappa shape index (κ3) is 5.32. The molecule has 3 aromatic rings. The van der Waals surface area contributed by atoms with Gasteiger partial charge in [-0.25, -0.2) is 19.9 Å². The number of anilines is 1. The van der Waals surface area contributed by atoms with Gasteiger partial charge in [0.15, 0.2) is 5.82 Å². The first-order valence-corrected chi connectivity index (χ1v) is 11.1. The maximum atomic E-state index is 13.7. The summed E-state index contributed by atoms with van der Waals surface area (Å²) in [6.07, 6.45) is 1.50. The van der Waals surface area contributed by atoms with Gasteiger partial charge in [0, 0.05) is 43.4 Å². The van der Waals surface area contributed by atoms with Crippen molar-refractivity contribution in [3.8, 4) is 11.4 Å². The lowest BCUT2D eigenvalue weighted by molar-refractivity contribution is -0.137. The van der Waals surface area contributed by atoms with E-state index in [0.29, 0.717) is 30.0 Å². The van der Waals surface area contributed by atoms with Crippen LogP contribution in [0.15, 0.2) is 48.9 Å². The van der Waals surface area contributed by atoms with Crippen LogP contribution in [-0.2, 0) is 6.18 Å². The van der Waals surface area contributed by atoms with Gasteiger partial charge in [0.1, 0.15) is 11.5 Å². The molecule has 4 rings (SSSR count). The molecule has 0 radical (unpaired) electrons. The second-order valence-corrected chi connectivity index (χ2v) is 8.52. The van der Waals surface area contributed by atoms with Gasteiger partial charge in [-0.3, -0.25) is 4.79 Å². The van der Waals surface area contributed by atoms with Gasteiger partial charge in [0.05, 0.1) is 11.1 Å². The Morgan fingerprint density at radius 2 is 1.88 bits per heavy atom. The number of carbonyl (C=O) groups is 1. The lowest BCUT2D eigenvalue weighted by atomic mass is 9.93.